The summed E-state index contributed by atoms with van der Waals surface area (Å²) in [5, 5.41) is 0. The van der Waals surface area contributed by atoms with Crippen LogP contribution in [0.1, 0.15) is 33.1 Å². The van der Waals surface area contributed by atoms with Gasteiger partial charge in [-0.05, 0) is 32.7 Å². The smallest absolute Gasteiger partial charge is 0.225 e. The highest BCUT2D eigenvalue weighted by atomic mass is 16.5. The van der Waals surface area contributed by atoms with Crippen molar-refractivity contribution in [1.82, 2.24) is 4.90 Å². The van der Waals surface area contributed by atoms with E-state index in [-0.39, 0.29) is 17.9 Å². The predicted molar refractivity (Wildman–Crippen MR) is 64.1 cm³/mol. The summed E-state index contributed by atoms with van der Waals surface area (Å²) in [6, 6.07) is 0. The molecule has 0 radical (unpaired) electrons. The molecule has 0 spiro atoms. The molecule has 1 saturated heterocycles. The molecule has 1 rings (SSSR count). The lowest BCUT2D eigenvalue weighted by Gasteiger charge is -2.26. The lowest BCUT2D eigenvalue weighted by molar-refractivity contribution is -0.136. The fourth-order valence-corrected chi connectivity index (χ4v) is 2.09. The van der Waals surface area contributed by atoms with Crippen LogP contribution in [0.4, 0.5) is 0 Å². The van der Waals surface area contributed by atoms with E-state index in [1.54, 1.807) is 0 Å². The number of carbonyl (C=O) groups is 1. The first kappa shape index (κ1) is 13.5. The van der Waals surface area contributed by atoms with Crippen LogP contribution in [0.3, 0.4) is 0 Å². The Morgan fingerprint density at radius 1 is 1.62 bits per heavy atom. The highest BCUT2D eigenvalue weighted by Crippen LogP contribution is 2.15. The van der Waals surface area contributed by atoms with E-state index in [2.05, 4.69) is 0 Å². The van der Waals surface area contributed by atoms with Crippen molar-refractivity contribution in [2.45, 2.75) is 39.2 Å². The zero-order chi connectivity index (χ0) is 12.0. The Bertz CT molecular complexity index is 215. The van der Waals surface area contributed by atoms with Crippen LogP contribution in [0.5, 0.6) is 0 Å². The topological polar surface area (TPSA) is 55.6 Å². The Morgan fingerprint density at radius 3 is 2.88 bits per heavy atom. The molecule has 0 aromatic rings. The molecule has 16 heavy (non-hydrogen) atoms. The third kappa shape index (κ3) is 3.76. The van der Waals surface area contributed by atoms with E-state index < -0.39 is 0 Å². The van der Waals surface area contributed by atoms with Crippen molar-refractivity contribution >= 4 is 5.91 Å². The van der Waals surface area contributed by atoms with Crippen LogP contribution in [-0.4, -0.2) is 43.2 Å². The molecule has 0 bridgehead atoms. The second-order valence-electron chi connectivity index (χ2n) is 4.49. The summed E-state index contributed by atoms with van der Waals surface area (Å²) in [6.45, 7) is 6.88. The quantitative estimate of drug-likeness (QED) is 0.738. The molecule has 1 fully saturated rings. The third-order valence-corrected chi connectivity index (χ3v) is 3.16. The standard InChI is InChI=1S/C12H24N2O2/c1-3-14(9-11-5-4-8-16-11)12(15)10(2)6-7-13/h10-11H,3-9,13H2,1-2H3. The van der Waals surface area contributed by atoms with Crippen molar-refractivity contribution in [3.8, 4) is 0 Å². The number of rotatable bonds is 6. The molecule has 0 aromatic carbocycles. The Hall–Kier alpha value is -0.610. The van der Waals surface area contributed by atoms with E-state index in [9.17, 15) is 4.79 Å². The second-order valence-corrected chi connectivity index (χ2v) is 4.49. The normalized spacial score (nSPS) is 22.1. The average Bonchev–Trinajstić information content (AvgIpc) is 2.78. The summed E-state index contributed by atoms with van der Waals surface area (Å²) in [5.41, 5.74) is 5.48. The monoisotopic (exact) mass is 228 g/mol. The molecule has 94 valence electrons. The fourth-order valence-electron chi connectivity index (χ4n) is 2.09. The molecule has 4 heteroatoms. The Labute approximate surface area is 98.1 Å². The van der Waals surface area contributed by atoms with Gasteiger partial charge in [0.25, 0.3) is 0 Å². The zero-order valence-corrected chi connectivity index (χ0v) is 10.4. The van der Waals surface area contributed by atoms with Crippen LogP contribution >= 0.6 is 0 Å². The number of hydrogen-bond donors (Lipinski definition) is 1. The molecule has 1 amide bonds. The first-order chi connectivity index (χ1) is 7.69. The van der Waals surface area contributed by atoms with E-state index in [4.69, 9.17) is 10.5 Å². The summed E-state index contributed by atoms with van der Waals surface area (Å²) in [4.78, 5) is 14.0. The minimum atomic E-state index is 0.0337. The van der Waals surface area contributed by atoms with E-state index in [1.165, 1.54) is 0 Å². The van der Waals surface area contributed by atoms with Crippen LogP contribution < -0.4 is 5.73 Å². The molecule has 0 aliphatic carbocycles. The van der Waals surface area contributed by atoms with Gasteiger partial charge in [0.05, 0.1) is 6.10 Å². The molecule has 0 aromatic heterocycles. The maximum atomic E-state index is 12.1. The number of nitrogens with two attached hydrogens (primary N) is 1. The minimum Gasteiger partial charge on any atom is -0.376 e. The molecule has 2 N–H and O–H groups in total. The van der Waals surface area contributed by atoms with Crippen LogP contribution in [0.15, 0.2) is 0 Å². The largest absolute Gasteiger partial charge is 0.376 e. The molecule has 2 unspecified atom stereocenters. The van der Waals surface area contributed by atoms with Crippen molar-refractivity contribution in [2.24, 2.45) is 11.7 Å². The van der Waals surface area contributed by atoms with Crippen molar-refractivity contribution in [1.29, 1.82) is 0 Å². The summed E-state index contributed by atoms with van der Waals surface area (Å²) < 4.78 is 5.56. The van der Waals surface area contributed by atoms with Gasteiger partial charge in [0, 0.05) is 25.6 Å². The van der Waals surface area contributed by atoms with Crippen LogP contribution in [-0.2, 0) is 9.53 Å². The van der Waals surface area contributed by atoms with Gasteiger partial charge in [-0.1, -0.05) is 6.92 Å². The second kappa shape index (κ2) is 6.86. The van der Waals surface area contributed by atoms with Gasteiger partial charge in [-0.15, -0.1) is 0 Å². The van der Waals surface area contributed by atoms with Gasteiger partial charge in [0.1, 0.15) is 0 Å². The van der Waals surface area contributed by atoms with E-state index in [0.29, 0.717) is 6.54 Å². The Kier molecular flexibility index (Phi) is 5.77. The van der Waals surface area contributed by atoms with Gasteiger partial charge in [0.2, 0.25) is 5.91 Å². The summed E-state index contributed by atoms with van der Waals surface area (Å²) >= 11 is 0. The van der Waals surface area contributed by atoms with Crippen molar-refractivity contribution < 1.29 is 9.53 Å². The van der Waals surface area contributed by atoms with E-state index in [0.717, 1.165) is 39.0 Å². The van der Waals surface area contributed by atoms with Crippen LogP contribution in [0, 0.1) is 5.92 Å². The van der Waals surface area contributed by atoms with Crippen molar-refractivity contribution in [3.05, 3.63) is 0 Å². The number of amides is 1. The van der Waals surface area contributed by atoms with Gasteiger partial charge >= 0.3 is 0 Å². The van der Waals surface area contributed by atoms with E-state index >= 15 is 0 Å². The lowest BCUT2D eigenvalue weighted by atomic mass is 10.1. The highest BCUT2D eigenvalue weighted by Gasteiger charge is 2.24. The van der Waals surface area contributed by atoms with Gasteiger partial charge in [-0.3, -0.25) is 4.79 Å². The van der Waals surface area contributed by atoms with Crippen molar-refractivity contribution in [3.63, 3.8) is 0 Å². The van der Waals surface area contributed by atoms with Gasteiger partial charge in [0.15, 0.2) is 0 Å². The molecule has 1 heterocycles. The first-order valence-electron chi connectivity index (χ1n) is 6.29. The Balaban J connectivity index is 2.42. The average molecular weight is 228 g/mol. The number of hydrogen-bond acceptors (Lipinski definition) is 3. The zero-order valence-electron chi connectivity index (χ0n) is 10.4. The molecule has 4 nitrogen and oxygen atoms in total. The highest BCUT2D eigenvalue weighted by molar-refractivity contribution is 5.78. The molecule has 2 atom stereocenters. The fraction of sp³-hybridized carbons (Fsp3) is 0.917. The molecular formula is C12H24N2O2. The summed E-state index contributed by atoms with van der Waals surface area (Å²) in [5.74, 6) is 0.245. The predicted octanol–water partition coefficient (Wildman–Crippen LogP) is 0.999. The molecule has 1 aliphatic heterocycles. The van der Waals surface area contributed by atoms with E-state index in [1.807, 2.05) is 18.7 Å². The number of carbonyl (C=O) groups excluding carboxylic acids is 1. The minimum absolute atomic E-state index is 0.0337. The number of nitrogens with zero attached hydrogens (tertiary/aromatic N) is 1. The van der Waals surface area contributed by atoms with Crippen LogP contribution in [0.2, 0.25) is 0 Å². The SMILES string of the molecule is CCN(CC1CCCO1)C(=O)C(C)CCN. The van der Waals surface area contributed by atoms with Crippen LogP contribution in [0.25, 0.3) is 0 Å². The molecule has 1 aliphatic rings. The lowest BCUT2D eigenvalue weighted by Crippen LogP contribution is -2.40. The summed E-state index contributed by atoms with van der Waals surface area (Å²) in [6.07, 6.45) is 3.21. The Morgan fingerprint density at radius 2 is 2.38 bits per heavy atom. The maximum absolute atomic E-state index is 12.1. The van der Waals surface area contributed by atoms with Gasteiger partial charge < -0.3 is 15.4 Å². The number of likely N-dealkylation sites (N-methyl/N-ethyl adjacent to an activating group) is 1. The first-order valence-corrected chi connectivity index (χ1v) is 6.29. The molecular weight excluding hydrogens is 204 g/mol. The van der Waals surface area contributed by atoms with Crippen molar-refractivity contribution in [2.75, 3.05) is 26.2 Å². The summed E-state index contributed by atoms with van der Waals surface area (Å²) in [7, 11) is 0. The maximum Gasteiger partial charge on any atom is 0.225 e. The number of ether oxygens (including phenoxy) is 1. The molecule has 0 saturated carbocycles. The third-order valence-electron chi connectivity index (χ3n) is 3.16. The van der Waals surface area contributed by atoms with Gasteiger partial charge in [-0.25, -0.2) is 0 Å². The van der Waals surface area contributed by atoms with Gasteiger partial charge in [-0.2, -0.15) is 0 Å².